The Morgan fingerprint density at radius 3 is 2.52 bits per heavy atom. The molecule has 5 heteroatoms. The molecule has 0 bridgehead atoms. The van der Waals surface area contributed by atoms with Gasteiger partial charge >= 0.3 is 0 Å². The van der Waals surface area contributed by atoms with Crippen LogP contribution in [0.1, 0.15) is 28.8 Å². The number of amides is 1. The Morgan fingerprint density at radius 1 is 1.03 bits per heavy atom. The molecule has 148 valence electrons. The smallest absolute Gasteiger partial charge is 0.260 e. The molecule has 2 aliphatic heterocycles. The zero-order valence-corrected chi connectivity index (χ0v) is 17.2. The number of carbonyl (C=O) groups is 1. The van der Waals surface area contributed by atoms with Gasteiger partial charge in [0.1, 0.15) is 5.75 Å². The zero-order chi connectivity index (χ0) is 20.0. The van der Waals surface area contributed by atoms with Gasteiger partial charge in [0.2, 0.25) is 0 Å². The van der Waals surface area contributed by atoms with E-state index < -0.39 is 5.72 Å². The Balaban J connectivity index is 1.44. The van der Waals surface area contributed by atoms with Crippen molar-refractivity contribution in [2.45, 2.75) is 25.1 Å². The van der Waals surface area contributed by atoms with Gasteiger partial charge in [0, 0.05) is 49.9 Å². The van der Waals surface area contributed by atoms with Gasteiger partial charge in [-0.3, -0.25) is 9.69 Å². The molecule has 4 nitrogen and oxygen atoms in total. The maximum atomic E-state index is 13.2. The molecule has 0 radical (unpaired) electrons. The van der Waals surface area contributed by atoms with Gasteiger partial charge < -0.3 is 9.64 Å². The van der Waals surface area contributed by atoms with Gasteiger partial charge in [0.25, 0.3) is 5.91 Å². The largest absolute Gasteiger partial charge is 0.466 e. The van der Waals surface area contributed by atoms with Gasteiger partial charge in [0.05, 0.1) is 5.56 Å². The van der Waals surface area contributed by atoms with Crippen molar-refractivity contribution in [1.82, 2.24) is 9.80 Å². The predicted molar refractivity (Wildman–Crippen MR) is 115 cm³/mol. The van der Waals surface area contributed by atoms with Crippen molar-refractivity contribution in [3.8, 4) is 5.75 Å². The van der Waals surface area contributed by atoms with Crippen LogP contribution in [0.3, 0.4) is 0 Å². The molecule has 5 rings (SSSR count). The summed E-state index contributed by atoms with van der Waals surface area (Å²) in [5.74, 6) is 0.689. The van der Waals surface area contributed by atoms with Crippen LogP contribution < -0.4 is 4.74 Å². The van der Waals surface area contributed by atoms with Crippen LogP contribution >= 0.6 is 11.6 Å². The highest BCUT2D eigenvalue weighted by molar-refractivity contribution is 6.31. The van der Waals surface area contributed by atoms with Crippen molar-refractivity contribution >= 4 is 28.3 Å². The van der Waals surface area contributed by atoms with E-state index in [1.807, 2.05) is 43.4 Å². The molecule has 0 atom stereocenters. The molecule has 1 saturated heterocycles. The first kappa shape index (κ1) is 18.5. The Kier molecular flexibility index (Phi) is 4.49. The summed E-state index contributed by atoms with van der Waals surface area (Å²) in [4.78, 5) is 17.4. The number of hydrogen-bond acceptors (Lipinski definition) is 3. The maximum Gasteiger partial charge on any atom is 0.260 e. The van der Waals surface area contributed by atoms with Crippen LogP contribution in [0, 0.1) is 0 Å². The van der Waals surface area contributed by atoms with Crippen LogP contribution in [-0.4, -0.2) is 41.6 Å². The number of benzene rings is 3. The molecule has 0 unspecified atom stereocenters. The molecule has 1 fully saturated rings. The van der Waals surface area contributed by atoms with Crippen LogP contribution in [0.5, 0.6) is 5.75 Å². The number of ether oxygens (including phenoxy) is 1. The minimum atomic E-state index is -0.603. The molecular formula is C24H23ClN2O2. The summed E-state index contributed by atoms with van der Waals surface area (Å²) >= 11 is 6.24. The average Bonchev–Trinajstić information content (AvgIpc) is 2.74. The van der Waals surface area contributed by atoms with Crippen molar-refractivity contribution in [2.24, 2.45) is 0 Å². The standard InChI is InChI=1S/C24H23ClN2O2/c1-26-23(28)20-10-8-18-7-9-19(25)15-21(18)22(20)29-24(26)11-13-27(14-12-24)16-17-5-3-2-4-6-17/h2-10,15H,11-14,16H2,1H3. The number of carbonyl (C=O) groups excluding carboxylic acids is 1. The normalized spacial score (nSPS) is 18.7. The summed E-state index contributed by atoms with van der Waals surface area (Å²) in [6.07, 6.45) is 1.55. The van der Waals surface area contributed by atoms with Crippen LogP contribution in [0.4, 0.5) is 0 Å². The predicted octanol–water partition coefficient (Wildman–Crippen LogP) is 4.95. The molecule has 2 aliphatic rings. The van der Waals surface area contributed by atoms with E-state index >= 15 is 0 Å². The van der Waals surface area contributed by atoms with Gasteiger partial charge in [-0.15, -0.1) is 0 Å². The number of hydrogen-bond donors (Lipinski definition) is 0. The minimum absolute atomic E-state index is 0.0182. The van der Waals surface area contributed by atoms with Crippen LogP contribution in [0.15, 0.2) is 60.7 Å². The third-order valence-electron chi connectivity index (χ3n) is 6.26. The zero-order valence-electron chi connectivity index (χ0n) is 16.4. The maximum absolute atomic E-state index is 13.2. The van der Waals surface area contributed by atoms with Crippen LogP contribution in [0.25, 0.3) is 10.8 Å². The first-order valence-electron chi connectivity index (χ1n) is 10.0. The van der Waals surface area contributed by atoms with Gasteiger partial charge in [-0.2, -0.15) is 0 Å². The van der Waals surface area contributed by atoms with Gasteiger partial charge in [-0.05, 0) is 29.1 Å². The van der Waals surface area contributed by atoms with Crippen LogP contribution in [0.2, 0.25) is 5.02 Å². The van der Waals surface area contributed by atoms with E-state index in [9.17, 15) is 4.79 Å². The Bertz CT molecular complexity index is 1070. The first-order chi connectivity index (χ1) is 14.1. The molecule has 1 spiro atoms. The Morgan fingerprint density at radius 2 is 1.76 bits per heavy atom. The lowest BCUT2D eigenvalue weighted by Gasteiger charge is -2.49. The van der Waals surface area contributed by atoms with Crippen molar-refractivity contribution in [1.29, 1.82) is 0 Å². The lowest BCUT2D eigenvalue weighted by molar-refractivity contribution is -0.101. The fraction of sp³-hybridized carbons (Fsp3) is 0.292. The van der Waals surface area contributed by atoms with Gasteiger partial charge in [-0.1, -0.05) is 54.1 Å². The number of piperidine rings is 1. The van der Waals surface area contributed by atoms with E-state index in [1.54, 1.807) is 4.90 Å². The topological polar surface area (TPSA) is 32.8 Å². The highest BCUT2D eigenvalue weighted by atomic mass is 35.5. The van der Waals surface area contributed by atoms with E-state index in [0.717, 1.165) is 43.2 Å². The lowest BCUT2D eigenvalue weighted by atomic mass is 9.93. The van der Waals surface area contributed by atoms with E-state index in [-0.39, 0.29) is 5.91 Å². The Hall–Kier alpha value is -2.56. The quantitative estimate of drug-likeness (QED) is 0.603. The first-order valence-corrected chi connectivity index (χ1v) is 10.4. The summed E-state index contributed by atoms with van der Waals surface area (Å²) in [5.41, 5.74) is 1.32. The second-order valence-electron chi connectivity index (χ2n) is 7.98. The highest BCUT2D eigenvalue weighted by Crippen LogP contribution is 2.43. The lowest BCUT2D eigenvalue weighted by Crippen LogP contribution is -2.61. The molecule has 29 heavy (non-hydrogen) atoms. The summed E-state index contributed by atoms with van der Waals surface area (Å²) in [6, 6.07) is 20.1. The number of likely N-dealkylation sites (tertiary alicyclic amines) is 1. The highest BCUT2D eigenvalue weighted by Gasteiger charge is 2.47. The molecule has 3 aromatic carbocycles. The molecule has 2 heterocycles. The van der Waals surface area contributed by atoms with Crippen molar-refractivity contribution < 1.29 is 9.53 Å². The van der Waals surface area contributed by atoms with Gasteiger partial charge in [-0.25, -0.2) is 0 Å². The van der Waals surface area contributed by atoms with Gasteiger partial charge in [0.15, 0.2) is 5.72 Å². The van der Waals surface area contributed by atoms with Crippen LogP contribution in [-0.2, 0) is 6.54 Å². The molecule has 0 aromatic heterocycles. The van der Waals surface area contributed by atoms with Crippen molar-refractivity contribution in [3.63, 3.8) is 0 Å². The summed E-state index contributed by atoms with van der Waals surface area (Å²) in [7, 11) is 1.86. The molecule has 0 N–H and O–H groups in total. The fourth-order valence-electron chi connectivity index (χ4n) is 4.51. The third kappa shape index (κ3) is 3.17. The molecule has 3 aromatic rings. The minimum Gasteiger partial charge on any atom is -0.466 e. The van der Waals surface area contributed by atoms with Crippen molar-refractivity contribution in [2.75, 3.05) is 20.1 Å². The summed E-state index contributed by atoms with van der Waals surface area (Å²) in [6.45, 7) is 2.68. The van der Waals surface area contributed by atoms with Crippen molar-refractivity contribution in [3.05, 3.63) is 76.8 Å². The molecule has 0 aliphatic carbocycles. The monoisotopic (exact) mass is 406 g/mol. The average molecular weight is 407 g/mol. The summed E-state index contributed by atoms with van der Waals surface area (Å²) < 4.78 is 6.63. The SMILES string of the molecule is CN1C(=O)c2ccc3ccc(Cl)cc3c2OC12CCN(Cc1ccccc1)CC2. The molecular weight excluding hydrogens is 384 g/mol. The van der Waals surface area contributed by atoms with E-state index in [0.29, 0.717) is 16.3 Å². The number of rotatable bonds is 2. The van der Waals surface area contributed by atoms with E-state index in [2.05, 4.69) is 29.2 Å². The molecule has 0 saturated carbocycles. The summed E-state index contributed by atoms with van der Waals surface area (Å²) in [5, 5.41) is 2.58. The molecule has 1 amide bonds. The number of fused-ring (bicyclic) bond motifs is 3. The number of nitrogens with zero attached hydrogens (tertiary/aromatic N) is 2. The Labute approximate surface area is 175 Å². The second-order valence-corrected chi connectivity index (χ2v) is 8.42. The number of halogens is 1. The third-order valence-corrected chi connectivity index (χ3v) is 6.49. The fourth-order valence-corrected chi connectivity index (χ4v) is 4.68. The van der Waals surface area contributed by atoms with E-state index in [4.69, 9.17) is 16.3 Å². The van der Waals surface area contributed by atoms with E-state index in [1.165, 1.54) is 5.56 Å². The second kappa shape index (κ2) is 7.05.